The summed E-state index contributed by atoms with van der Waals surface area (Å²) >= 11 is 0. The van der Waals surface area contributed by atoms with Crippen LogP contribution in [0.25, 0.3) is 0 Å². The molecule has 0 spiro atoms. The summed E-state index contributed by atoms with van der Waals surface area (Å²) in [5, 5.41) is 0. The van der Waals surface area contributed by atoms with Gasteiger partial charge < -0.3 is 9.64 Å². The summed E-state index contributed by atoms with van der Waals surface area (Å²) in [4.78, 5) is 28.1. The highest BCUT2D eigenvalue weighted by Crippen LogP contribution is 2.30. The van der Waals surface area contributed by atoms with Gasteiger partial charge in [-0.15, -0.1) is 0 Å². The summed E-state index contributed by atoms with van der Waals surface area (Å²) in [5.41, 5.74) is 2.71. The molecule has 1 aliphatic rings. The second kappa shape index (κ2) is 6.74. The number of ether oxygens (including phenoxy) is 1. The second-order valence-electron chi connectivity index (χ2n) is 5.70. The third-order valence-electron chi connectivity index (χ3n) is 4.24. The van der Waals surface area contributed by atoms with Gasteiger partial charge in [-0.25, -0.2) is 0 Å². The lowest BCUT2D eigenvalue weighted by atomic mass is 10.2. The number of hydrogen-bond donors (Lipinski definition) is 0. The Kier molecular flexibility index (Phi) is 4.51. The highest BCUT2D eigenvalue weighted by molar-refractivity contribution is 6.04. The maximum atomic E-state index is 12.8. The Bertz CT molecular complexity index is 773. The maximum Gasteiger partial charge on any atom is 0.247 e. The Balaban J connectivity index is 1.85. The first kappa shape index (κ1) is 16.1. The van der Waals surface area contributed by atoms with E-state index in [9.17, 15) is 9.59 Å². The van der Waals surface area contributed by atoms with Crippen molar-refractivity contribution in [2.45, 2.75) is 13.3 Å². The van der Waals surface area contributed by atoms with Crippen LogP contribution in [0.3, 0.4) is 0 Å². The smallest absolute Gasteiger partial charge is 0.247 e. The van der Waals surface area contributed by atoms with Crippen LogP contribution in [-0.4, -0.2) is 32.0 Å². The minimum atomic E-state index is -0.194. The molecule has 0 saturated carbocycles. The predicted molar refractivity (Wildman–Crippen MR) is 93.5 cm³/mol. The third-order valence-corrected chi connectivity index (χ3v) is 4.24. The van der Waals surface area contributed by atoms with Crippen molar-refractivity contribution < 1.29 is 14.3 Å². The van der Waals surface area contributed by atoms with Crippen LogP contribution in [0.1, 0.15) is 12.5 Å². The fourth-order valence-electron chi connectivity index (χ4n) is 3.04. The quantitative estimate of drug-likeness (QED) is 0.869. The summed E-state index contributed by atoms with van der Waals surface area (Å²) in [6, 6.07) is 15.1. The lowest BCUT2D eigenvalue weighted by Gasteiger charge is -2.25. The van der Waals surface area contributed by atoms with Crippen LogP contribution in [0, 0.1) is 0 Å². The molecule has 0 saturated heterocycles. The largest absolute Gasteiger partial charge is 0.495 e. The number of fused-ring (bicyclic) bond motifs is 1. The predicted octanol–water partition coefficient (Wildman–Crippen LogP) is 2.64. The molecular formula is C19H20N2O3. The number of nitrogens with zero attached hydrogens (tertiary/aromatic N) is 2. The van der Waals surface area contributed by atoms with E-state index in [0.717, 1.165) is 17.7 Å². The molecule has 1 aliphatic heterocycles. The minimum absolute atomic E-state index is 0.00988. The van der Waals surface area contributed by atoms with Crippen molar-refractivity contribution in [2.24, 2.45) is 0 Å². The molecule has 0 bridgehead atoms. The van der Waals surface area contributed by atoms with Crippen LogP contribution in [0.2, 0.25) is 0 Å². The molecule has 0 N–H and O–H groups in total. The highest BCUT2D eigenvalue weighted by Gasteiger charge is 2.27. The van der Waals surface area contributed by atoms with Crippen LogP contribution in [0.5, 0.6) is 5.75 Å². The molecule has 24 heavy (non-hydrogen) atoms. The Morgan fingerprint density at radius 1 is 1.12 bits per heavy atom. The number of carbonyl (C=O) groups is 2. The van der Waals surface area contributed by atoms with Gasteiger partial charge in [0.1, 0.15) is 12.3 Å². The molecule has 124 valence electrons. The summed E-state index contributed by atoms with van der Waals surface area (Å²) < 4.78 is 5.32. The molecule has 0 aliphatic carbocycles. The van der Waals surface area contributed by atoms with E-state index in [4.69, 9.17) is 4.74 Å². The van der Waals surface area contributed by atoms with Crippen molar-refractivity contribution in [1.82, 2.24) is 0 Å². The van der Waals surface area contributed by atoms with Gasteiger partial charge in [-0.3, -0.25) is 14.5 Å². The van der Waals surface area contributed by atoms with Crippen molar-refractivity contribution in [2.75, 3.05) is 30.0 Å². The SMILES string of the molecule is COc1ccccc1N(CC(=O)N1CCc2ccccc21)C(C)=O. The number of amides is 2. The van der Waals surface area contributed by atoms with Crippen LogP contribution in [-0.2, 0) is 16.0 Å². The van der Waals surface area contributed by atoms with Gasteiger partial charge in [0.15, 0.2) is 0 Å². The van der Waals surface area contributed by atoms with E-state index in [2.05, 4.69) is 0 Å². The lowest BCUT2D eigenvalue weighted by Crippen LogP contribution is -2.42. The number of carbonyl (C=O) groups excluding carboxylic acids is 2. The van der Waals surface area contributed by atoms with E-state index < -0.39 is 0 Å². The first-order valence-corrected chi connectivity index (χ1v) is 7.91. The monoisotopic (exact) mass is 324 g/mol. The summed E-state index contributed by atoms with van der Waals surface area (Å²) in [6.07, 6.45) is 0.844. The summed E-state index contributed by atoms with van der Waals surface area (Å²) in [7, 11) is 1.55. The van der Waals surface area contributed by atoms with E-state index in [1.54, 1.807) is 24.1 Å². The van der Waals surface area contributed by atoms with E-state index in [0.29, 0.717) is 18.0 Å². The molecule has 0 radical (unpaired) electrons. The third kappa shape index (κ3) is 2.97. The molecule has 0 unspecified atom stereocenters. The van der Waals surface area contributed by atoms with Gasteiger partial charge in [0.05, 0.1) is 12.8 Å². The van der Waals surface area contributed by atoms with Gasteiger partial charge in [-0.1, -0.05) is 30.3 Å². The second-order valence-corrected chi connectivity index (χ2v) is 5.70. The zero-order chi connectivity index (χ0) is 17.1. The number of anilines is 2. The molecule has 0 aromatic heterocycles. The fraction of sp³-hybridized carbons (Fsp3) is 0.263. The van der Waals surface area contributed by atoms with Gasteiger partial charge in [0.2, 0.25) is 11.8 Å². The Morgan fingerprint density at radius 2 is 1.83 bits per heavy atom. The van der Waals surface area contributed by atoms with Crippen LogP contribution in [0.4, 0.5) is 11.4 Å². The Labute approximate surface area is 141 Å². The van der Waals surface area contributed by atoms with Gasteiger partial charge in [0, 0.05) is 19.2 Å². The normalized spacial score (nSPS) is 12.7. The zero-order valence-corrected chi connectivity index (χ0v) is 13.9. The number of benzene rings is 2. The van der Waals surface area contributed by atoms with Crippen LogP contribution >= 0.6 is 0 Å². The molecule has 2 amide bonds. The number of para-hydroxylation sites is 3. The molecule has 2 aromatic rings. The number of hydrogen-bond acceptors (Lipinski definition) is 3. The Hall–Kier alpha value is -2.82. The number of methoxy groups -OCH3 is 1. The van der Waals surface area contributed by atoms with Crippen molar-refractivity contribution in [3.05, 3.63) is 54.1 Å². The molecule has 5 heteroatoms. The highest BCUT2D eigenvalue weighted by atomic mass is 16.5. The molecule has 3 rings (SSSR count). The fourth-order valence-corrected chi connectivity index (χ4v) is 3.04. The maximum absolute atomic E-state index is 12.8. The Morgan fingerprint density at radius 3 is 2.58 bits per heavy atom. The van der Waals surface area contributed by atoms with Gasteiger partial charge in [-0.05, 0) is 30.2 Å². The van der Waals surface area contributed by atoms with Crippen molar-refractivity contribution in [3.63, 3.8) is 0 Å². The zero-order valence-electron chi connectivity index (χ0n) is 13.9. The molecule has 0 atom stereocenters. The first-order chi connectivity index (χ1) is 11.6. The van der Waals surface area contributed by atoms with E-state index >= 15 is 0 Å². The standard InChI is InChI=1S/C19H20N2O3/c1-14(22)21(17-9-5-6-10-18(17)24-2)13-19(23)20-12-11-15-7-3-4-8-16(15)20/h3-10H,11-13H2,1-2H3. The van der Waals surface area contributed by atoms with Crippen molar-refractivity contribution in [1.29, 1.82) is 0 Å². The van der Waals surface area contributed by atoms with E-state index in [-0.39, 0.29) is 18.4 Å². The van der Waals surface area contributed by atoms with E-state index in [1.807, 2.05) is 36.4 Å². The molecule has 1 heterocycles. The van der Waals surface area contributed by atoms with Gasteiger partial charge in [0.25, 0.3) is 0 Å². The van der Waals surface area contributed by atoms with E-state index in [1.165, 1.54) is 11.8 Å². The molecule has 5 nitrogen and oxygen atoms in total. The lowest BCUT2D eigenvalue weighted by molar-refractivity contribution is -0.121. The summed E-state index contributed by atoms with van der Waals surface area (Å²) in [6.45, 7) is 2.09. The topological polar surface area (TPSA) is 49.9 Å². The summed E-state index contributed by atoms with van der Waals surface area (Å²) in [5.74, 6) is 0.281. The molecule has 2 aromatic carbocycles. The van der Waals surface area contributed by atoms with Crippen molar-refractivity contribution in [3.8, 4) is 5.75 Å². The van der Waals surface area contributed by atoms with Crippen molar-refractivity contribution >= 4 is 23.2 Å². The average Bonchev–Trinajstić information content (AvgIpc) is 3.03. The molecular weight excluding hydrogens is 304 g/mol. The average molecular weight is 324 g/mol. The van der Waals surface area contributed by atoms with Gasteiger partial charge in [-0.2, -0.15) is 0 Å². The number of rotatable bonds is 4. The van der Waals surface area contributed by atoms with Crippen LogP contribution < -0.4 is 14.5 Å². The molecule has 0 fully saturated rings. The van der Waals surface area contributed by atoms with Gasteiger partial charge >= 0.3 is 0 Å². The minimum Gasteiger partial charge on any atom is -0.495 e. The van der Waals surface area contributed by atoms with Crippen LogP contribution in [0.15, 0.2) is 48.5 Å². The first-order valence-electron chi connectivity index (χ1n) is 7.91.